The molecule has 5 nitrogen and oxygen atoms in total. The van der Waals surface area contributed by atoms with Gasteiger partial charge in [-0.25, -0.2) is 0 Å². The number of hydrogen-bond donors (Lipinski definition) is 0. The summed E-state index contributed by atoms with van der Waals surface area (Å²) in [4.78, 5) is 10.8. The first-order valence-corrected chi connectivity index (χ1v) is 10.1. The molecule has 0 saturated heterocycles. The van der Waals surface area contributed by atoms with Crippen LogP contribution in [0, 0.1) is 20.8 Å². The lowest BCUT2D eigenvalue weighted by Gasteiger charge is -2.14. The largest absolute Gasteiger partial charge is 0.463 e. The molecule has 3 aromatic rings. The van der Waals surface area contributed by atoms with Crippen LogP contribution >= 0.6 is 11.8 Å². The van der Waals surface area contributed by atoms with Crippen molar-refractivity contribution < 1.29 is 14.3 Å². The van der Waals surface area contributed by atoms with Crippen molar-refractivity contribution in [2.24, 2.45) is 0 Å². The van der Waals surface area contributed by atoms with E-state index in [1.165, 1.54) is 35.4 Å². The summed E-state index contributed by atoms with van der Waals surface area (Å²) in [5, 5.41) is 12.0. The van der Waals surface area contributed by atoms with Gasteiger partial charge in [-0.2, -0.15) is 0 Å². The Morgan fingerprint density at radius 3 is 2.36 bits per heavy atom. The summed E-state index contributed by atoms with van der Waals surface area (Å²) < 4.78 is 10.4. The standard InChI is InChI=1S/C22H24N2O3S/c1-14-11-15(2)20(16(3)12-14)21-18-7-5-6-8-19(18)22(24-23-21)28-13-26-9-10-27-17(4)25/h5-8,11-12H,9-10,13H2,1-4H3. The minimum Gasteiger partial charge on any atom is -0.463 e. The zero-order chi connectivity index (χ0) is 20.1. The third-order valence-electron chi connectivity index (χ3n) is 4.38. The summed E-state index contributed by atoms with van der Waals surface area (Å²) in [7, 11) is 0. The second-order valence-corrected chi connectivity index (χ2v) is 7.59. The highest BCUT2D eigenvalue weighted by Gasteiger charge is 2.15. The zero-order valence-corrected chi connectivity index (χ0v) is 17.4. The van der Waals surface area contributed by atoms with Gasteiger partial charge in [0, 0.05) is 23.3 Å². The molecule has 0 aliphatic heterocycles. The molecular formula is C22H24N2O3S. The maximum atomic E-state index is 10.8. The summed E-state index contributed by atoms with van der Waals surface area (Å²) in [6, 6.07) is 12.5. The predicted molar refractivity (Wildman–Crippen MR) is 112 cm³/mol. The van der Waals surface area contributed by atoms with E-state index in [0.29, 0.717) is 12.5 Å². The number of hydrogen-bond acceptors (Lipinski definition) is 6. The number of ether oxygens (including phenoxy) is 2. The van der Waals surface area contributed by atoms with E-state index in [9.17, 15) is 4.79 Å². The lowest BCUT2D eigenvalue weighted by Crippen LogP contribution is -2.07. The minimum absolute atomic E-state index is 0.257. The Balaban J connectivity index is 1.85. The lowest BCUT2D eigenvalue weighted by atomic mass is 9.95. The van der Waals surface area contributed by atoms with Crippen molar-refractivity contribution >= 4 is 28.5 Å². The number of rotatable bonds is 7. The number of fused-ring (bicyclic) bond motifs is 1. The molecule has 2 aromatic carbocycles. The van der Waals surface area contributed by atoms with E-state index >= 15 is 0 Å². The molecule has 0 saturated carbocycles. The van der Waals surface area contributed by atoms with E-state index in [1.807, 2.05) is 12.1 Å². The van der Waals surface area contributed by atoms with Crippen LogP contribution in [0.1, 0.15) is 23.6 Å². The molecule has 0 aliphatic rings. The van der Waals surface area contributed by atoms with Crippen molar-refractivity contribution in [3.63, 3.8) is 0 Å². The van der Waals surface area contributed by atoms with E-state index in [4.69, 9.17) is 9.47 Å². The molecule has 0 radical (unpaired) electrons. The molecule has 146 valence electrons. The van der Waals surface area contributed by atoms with Crippen LogP contribution < -0.4 is 0 Å². The molecule has 28 heavy (non-hydrogen) atoms. The molecule has 0 unspecified atom stereocenters. The quantitative estimate of drug-likeness (QED) is 0.246. The van der Waals surface area contributed by atoms with Crippen molar-refractivity contribution in [2.75, 3.05) is 19.2 Å². The number of esters is 1. The van der Waals surface area contributed by atoms with Crippen molar-refractivity contribution in [3.05, 3.63) is 53.1 Å². The smallest absolute Gasteiger partial charge is 0.302 e. The highest BCUT2D eigenvalue weighted by atomic mass is 32.2. The molecule has 3 rings (SSSR count). The fraction of sp³-hybridized carbons (Fsp3) is 0.318. The van der Waals surface area contributed by atoms with Crippen LogP contribution in [0.5, 0.6) is 0 Å². The van der Waals surface area contributed by atoms with E-state index in [-0.39, 0.29) is 12.6 Å². The van der Waals surface area contributed by atoms with Crippen molar-refractivity contribution in [1.82, 2.24) is 10.2 Å². The van der Waals surface area contributed by atoms with Gasteiger partial charge in [-0.15, -0.1) is 10.2 Å². The van der Waals surface area contributed by atoms with Crippen LogP contribution in [0.2, 0.25) is 0 Å². The third kappa shape index (κ3) is 4.69. The fourth-order valence-electron chi connectivity index (χ4n) is 3.32. The van der Waals surface area contributed by atoms with Gasteiger partial charge in [0.2, 0.25) is 0 Å². The number of nitrogens with zero attached hydrogens (tertiary/aromatic N) is 2. The van der Waals surface area contributed by atoms with Crippen molar-refractivity contribution in [1.29, 1.82) is 0 Å². The zero-order valence-electron chi connectivity index (χ0n) is 16.6. The van der Waals surface area contributed by atoms with Gasteiger partial charge in [0.25, 0.3) is 0 Å². The molecule has 0 amide bonds. The predicted octanol–water partition coefficient (Wildman–Crippen LogP) is 4.85. The maximum Gasteiger partial charge on any atom is 0.302 e. The molecule has 0 aliphatic carbocycles. The lowest BCUT2D eigenvalue weighted by molar-refractivity contribution is -0.142. The fourth-order valence-corrected chi connectivity index (χ4v) is 4.07. The van der Waals surface area contributed by atoms with Crippen LogP contribution in [-0.2, 0) is 14.3 Å². The molecular weight excluding hydrogens is 372 g/mol. The van der Waals surface area contributed by atoms with E-state index in [2.05, 4.69) is 55.2 Å². The Morgan fingerprint density at radius 1 is 1.00 bits per heavy atom. The molecule has 6 heteroatoms. The Kier molecular flexibility index (Phi) is 6.65. The van der Waals surface area contributed by atoms with Crippen LogP contribution in [0.4, 0.5) is 0 Å². The highest BCUT2D eigenvalue weighted by molar-refractivity contribution is 7.99. The molecule has 0 fully saturated rings. The molecule has 0 bridgehead atoms. The Labute approximate surface area is 169 Å². The Hall–Kier alpha value is -2.44. The summed E-state index contributed by atoms with van der Waals surface area (Å²) >= 11 is 1.49. The summed E-state index contributed by atoms with van der Waals surface area (Å²) in [6.45, 7) is 8.34. The van der Waals surface area contributed by atoms with Crippen LogP contribution in [-0.4, -0.2) is 35.3 Å². The van der Waals surface area contributed by atoms with E-state index in [0.717, 1.165) is 27.1 Å². The summed E-state index contributed by atoms with van der Waals surface area (Å²) in [6.07, 6.45) is 0. The summed E-state index contributed by atoms with van der Waals surface area (Å²) in [5.41, 5.74) is 5.70. The average molecular weight is 397 g/mol. The van der Waals surface area contributed by atoms with Crippen molar-refractivity contribution in [3.8, 4) is 11.3 Å². The van der Waals surface area contributed by atoms with E-state index < -0.39 is 0 Å². The molecule has 1 aromatic heterocycles. The van der Waals surface area contributed by atoms with Crippen molar-refractivity contribution in [2.45, 2.75) is 32.7 Å². The van der Waals surface area contributed by atoms with E-state index in [1.54, 1.807) is 0 Å². The molecule has 0 N–H and O–H groups in total. The third-order valence-corrected chi connectivity index (χ3v) is 5.24. The number of carbonyl (C=O) groups excluding carboxylic acids is 1. The number of benzene rings is 2. The topological polar surface area (TPSA) is 61.3 Å². The van der Waals surface area contributed by atoms with Crippen LogP contribution in [0.25, 0.3) is 22.0 Å². The molecule has 1 heterocycles. The first kappa shape index (κ1) is 20.3. The maximum absolute atomic E-state index is 10.8. The van der Waals surface area contributed by atoms with Gasteiger partial charge in [0.1, 0.15) is 17.3 Å². The number of aromatic nitrogens is 2. The highest BCUT2D eigenvalue weighted by Crippen LogP contribution is 2.35. The van der Waals surface area contributed by atoms with Gasteiger partial charge in [-0.3, -0.25) is 4.79 Å². The molecule has 0 atom stereocenters. The first-order valence-electron chi connectivity index (χ1n) is 9.15. The second kappa shape index (κ2) is 9.17. The minimum atomic E-state index is -0.301. The average Bonchev–Trinajstić information content (AvgIpc) is 2.64. The van der Waals surface area contributed by atoms with Gasteiger partial charge in [-0.05, 0) is 31.9 Å². The van der Waals surface area contributed by atoms with Gasteiger partial charge in [0.05, 0.1) is 12.5 Å². The van der Waals surface area contributed by atoms with Gasteiger partial charge in [-0.1, -0.05) is 53.7 Å². The Morgan fingerprint density at radius 2 is 1.68 bits per heavy atom. The number of carbonyl (C=O) groups is 1. The number of aryl methyl sites for hydroxylation is 3. The molecule has 0 spiro atoms. The monoisotopic (exact) mass is 396 g/mol. The summed E-state index contributed by atoms with van der Waals surface area (Å²) in [5.74, 6) is 0.118. The van der Waals surface area contributed by atoms with Gasteiger partial charge < -0.3 is 9.47 Å². The normalized spacial score (nSPS) is 11.0. The van der Waals surface area contributed by atoms with Gasteiger partial charge in [0.15, 0.2) is 0 Å². The first-order chi connectivity index (χ1) is 13.5. The van der Waals surface area contributed by atoms with Crippen LogP contribution in [0.15, 0.2) is 41.4 Å². The SMILES string of the molecule is CC(=O)OCCOCSc1nnc(-c2c(C)cc(C)cc2C)c2ccccc12. The Bertz CT molecular complexity index is 981. The van der Waals surface area contributed by atoms with Gasteiger partial charge >= 0.3 is 5.97 Å². The van der Waals surface area contributed by atoms with Crippen LogP contribution in [0.3, 0.4) is 0 Å². The number of thioether (sulfide) groups is 1. The second-order valence-electron chi connectivity index (χ2n) is 6.68.